The zero-order valence-electron chi connectivity index (χ0n) is 17.7. The molecule has 172 valence electrons. The molecule has 0 fully saturated rings. The van der Waals surface area contributed by atoms with Gasteiger partial charge < -0.3 is 10.1 Å². The number of pyridine rings is 2. The zero-order valence-corrected chi connectivity index (χ0v) is 18.5. The maximum absolute atomic E-state index is 13.9. The first-order valence-electron chi connectivity index (χ1n) is 10.1. The molecular formula is C24H19FN4O4S. The maximum atomic E-state index is 13.9. The molecule has 0 bridgehead atoms. The van der Waals surface area contributed by atoms with Crippen LogP contribution < -0.4 is 14.8 Å². The predicted molar refractivity (Wildman–Crippen MR) is 124 cm³/mol. The molecule has 0 aliphatic carbocycles. The Morgan fingerprint density at radius 2 is 1.74 bits per heavy atom. The van der Waals surface area contributed by atoms with Crippen LogP contribution in [0.2, 0.25) is 0 Å². The predicted octanol–water partition coefficient (Wildman–Crippen LogP) is 4.25. The fourth-order valence-electron chi connectivity index (χ4n) is 2.97. The average Bonchev–Trinajstić information content (AvgIpc) is 2.85. The highest BCUT2D eigenvalue weighted by Crippen LogP contribution is 2.24. The van der Waals surface area contributed by atoms with Gasteiger partial charge in [-0.2, -0.15) is 0 Å². The summed E-state index contributed by atoms with van der Waals surface area (Å²) in [5.41, 5.74) is 0.764. The highest BCUT2D eigenvalue weighted by atomic mass is 32.2. The van der Waals surface area contributed by atoms with Crippen LogP contribution in [0.1, 0.15) is 15.9 Å². The monoisotopic (exact) mass is 478 g/mol. The van der Waals surface area contributed by atoms with Crippen LogP contribution in [0.4, 0.5) is 15.9 Å². The molecule has 2 N–H and O–H groups in total. The number of hydrogen-bond donors (Lipinski definition) is 2. The third-order valence-corrected chi connectivity index (χ3v) is 6.03. The van der Waals surface area contributed by atoms with Gasteiger partial charge in [-0.05, 0) is 60.2 Å². The summed E-state index contributed by atoms with van der Waals surface area (Å²) in [7, 11) is -4.13. The van der Waals surface area contributed by atoms with Gasteiger partial charge in [-0.15, -0.1) is 0 Å². The first kappa shape index (κ1) is 22.9. The van der Waals surface area contributed by atoms with E-state index in [1.54, 1.807) is 36.7 Å². The van der Waals surface area contributed by atoms with E-state index in [4.69, 9.17) is 4.74 Å². The van der Waals surface area contributed by atoms with E-state index in [0.29, 0.717) is 5.75 Å². The van der Waals surface area contributed by atoms with Gasteiger partial charge >= 0.3 is 0 Å². The second kappa shape index (κ2) is 10.1. The third kappa shape index (κ3) is 5.54. The molecule has 2 aromatic carbocycles. The maximum Gasteiger partial charge on any atom is 0.262 e. The van der Waals surface area contributed by atoms with Crippen LogP contribution in [0.15, 0.2) is 96.3 Å². The molecule has 4 aromatic rings. The molecule has 0 aliphatic rings. The number of nitrogens with zero attached hydrogens (tertiary/aromatic N) is 2. The molecule has 0 spiro atoms. The first-order chi connectivity index (χ1) is 16.4. The molecule has 2 heterocycles. The number of hydrogen-bond acceptors (Lipinski definition) is 6. The van der Waals surface area contributed by atoms with E-state index in [0.717, 1.165) is 11.6 Å². The Balaban J connectivity index is 1.50. The molecule has 0 unspecified atom stereocenters. The van der Waals surface area contributed by atoms with E-state index in [1.807, 2.05) is 0 Å². The van der Waals surface area contributed by atoms with Gasteiger partial charge in [0.1, 0.15) is 12.4 Å². The van der Waals surface area contributed by atoms with E-state index >= 15 is 0 Å². The molecule has 34 heavy (non-hydrogen) atoms. The Hall–Kier alpha value is -4.31. The number of carbonyl (C=O) groups excluding carboxylic acids is 1. The van der Waals surface area contributed by atoms with Gasteiger partial charge in [0.25, 0.3) is 15.9 Å². The van der Waals surface area contributed by atoms with Crippen molar-refractivity contribution in [1.29, 1.82) is 0 Å². The summed E-state index contributed by atoms with van der Waals surface area (Å²) in [6.07, 6.45) is 4.79. The number of carbonyl (C=O) groups is 1. The van der Waals surface area contributed by atoms with Crippen molar-refractivity contribution >= 4 is 27.4 Å². The van der Waals surface area contributed by atoms with E-state index in [1.165, 1.54) is 48.7 Å². The minimum Gasteiger partial charge on any atom is -0.485 e. The molecule has 0 saturated heterocycles. The van der Waals surface area contributed by atoms with Crippen LogP contribution in [-0.2, 0) is 16.6 Å². The smallest absolute Gasteiger partial charge is 0.262 e. The topological polar surface area (TPSA) is 110 Å². The minimum absolute atomic E-state index is 0.0714. The van der Waals surface area contributed by atoms with Crippen molar-refractivity contribution in [3.05, 3.63) is 108 Å². The molecule has 0 radical (unpaired) electrons. The largest absolute Gasteiger partial charge is 0.485 e. The van der Waals surface area contributed by atoms with Gasteiger partial charge in [0.05, 0.1) is 10.6 Å². The second-order valence-corrected chi connectivity index (χ2v) is 8.74. The number of rotatable bonds is 8. The van der Waals surface area contributed by atoms with Crippen LogP contribution in [0.5, 0.6) is 5.75 Å². The lowest BCUT2D eigenvalue weighted by atomic mass is 10.2. The molecule has 1 amide bonds. The summed E-state index contributed by atoms with van der Waals surface area (Å²) < 4.78 is 47.3. The third-order valence-electron chi connectivity index (χ3n) is 4.67. The second-order valence-electron chi connectivity index (χ2n) is 7.06. The van der Waals surface area contributed by atoms with Crippen molar-refractivity contribution in [3.63, 3.8) is 0 Å². The fourth-order valence-corrected chi connectivity index (χ4v) is 4.09. The number of anilines is 2. The number of para-hydroxylation sites is 1. The summed E-state index contributed by atoms with van der Waals surface area (Å²) >= 11 is 0. The van der Waals surface area contributed by atoms with Gasteiger partial charge in [-0.3, -0.25) is 14.5 Å². The van der Waals surface area contributed by atoms with Crippen LogP contribution in [-0.4, -0.2) is 24.3 Å². The lowest BCUT2D eigenvalue weighted by Gasteiger charge is -2.12. The van der Waals surface area contributed by atoms with Crippen molar-refractivity contribution in [2.75, 3.05) is 10.0 Å². The Morgan fingerprint density at radius 1 is 0.941 bits per heavy atom. The molecule has 2 aromatic heterocycles. The van der Waals surface area contributed by atoms with Gasteiger partial charge in [0.15, 0.2) is 11.6 Å². The van der Waals surface area contributed by atoms with Gasteiger partial charge in [0, 0.05) is 24.2 Å². The van der Waals surface area contributed by atoms with Crippen molar-refractivity contribution < 1.29 is 22.3 Å². The van der Waals surface area contributed by atoms with Crippen LogP contribution in [0, 0.1) is 5.82 Å². The molecule has 4 rings (SSSR count). The lowest BCUT2D eigenvalue weighted by Crippen LogP contribution is -2.17. The van der Waals surface area contributed by atoms with E-state index in [-0.39, 0.29) is 28.6 Å². The summed E-state index contributed by atoms with van der Waals surface area (Å²) in [5.74, 6) is -0.776. The number of amides is 1. The number of ether oxygens (including phenoxy) is 1. The van der Waals surface area contributed by atoms with E-state index in [9.17, 15) is 17.6 Å². The van der Waals surface area contributed by atoms with Gasteiger partial charge in [-0.1, -0.05) is 18.2 Å². The van der Waals surface area contributed by atoms with Crippen molar-refractivity contribution in [3.8, 4) is 5.75 Å². The van der Waals surface area contributed by atoms with Gasteiger partial charge in [-0.25, -0.2) is 17.8 Å². The molecule has 8 nitrogen and oxygen atoms in total. The van der Waals surface area contributed by atoms with Crippen molar-refractivity contribution in [2.45, 2.75) is 11.5 Å². The lowest BCUT2D eigenvalue weighted by molar-refractivity contribution is 0.102. The first-order valence-corrected chi connectivity index (χ1v) is 11.6. The van der Waals surface area contributed by atoms with Crippen molar-refractivity contribution in [1.82, 2.24) is 9.97 Å². The Bertz CT molecular complexity index is 1420. The molecule has 0 atom stereocenters. The normalized spacial score (nSPS) is 11.0. The minimum atomic E-state index is -4.13. The highest BCUT2D eigenvalue weighted by Gasteiger charge is 2.19. The average molecular weight is 479 g/mol. The summed E-state index contributed by atoms with van der Waals surface area (Å²) in [5, 5.41) is 2.64. The standard InChI is InChI=1S/C24H19FN4O4S/c25-20-7-1-2-8-21(20)29-34(31,32)19-6-3-5-18(15-19)24(30)28-23-22(9-4-12-27-23)33-16-17-10-13-26-14-11-17/h1-15,29H,16H2,(H,27,28,30). The number of halogens is 1. The Kier molecular flexibility index (Phi) is 6.79. The SMILES string of the molecule is O=C(Nc1ncccc1OCc1ccncc1)c1cccc(S(=O)(=O)Nc2ccccc2F)c1. The quantitative estimate of drug-likeness (QED) is 0.392. The number of benzene rings is 2. The zero-order chi connectivity index (χ0) is 24.0. The van der Waals surface area contributed by atoms with Crippen LogP contribution in [0.3, 0.4) is 0 Å². The summed E-state index contributed by atoms with van der Waals surface area (Å²) in [6.45, 7) is 0.243. The van der Waals surface area contributed by atoms with Crippen LogP contribution in [0.25, 0.3) is 0 Å². The molecule has 0 saturated carbocycles. The van der Waals surface area contributed by atoms with Crippen molar-refractivity contribution in [2.24, 2.45) is 0 Å². The fraction of sp³-hybridized carbons (Fsp3) is 0.0417. The van der Waals surface area contributed by atoms with E-state index in [2.05, 4.69) is 20.0 Å². The highest BCUT2D eigenvalue weighted by molar-refractivity contribution is 7.92. The summed E-state index contributed by atoms with van der Waals surface area (Å²) in [6, 6.07) is 17.7. The molecule has 10 heteroatoms. The molecular weight excluding hydrogens is 459 g/mol. The number of aromatic nitrogens is 2. The summed E-state index contributed by atoms with van der Waals surface area (Å²) in [4.78, 5) is 20.7. The Morgan fingerprint density at radius 3 is 2.53 bits per heavy atom. The Labute approximate surface area is 195 Å². The van der Waals surface area contributed by atoms with Gasteiger partial charge in [0.2, 0.25) is 0 Å². The molecule has 0 aliphatic heterocycles. The van der Waals surface area contributed by atoms with Crippen LogP contribution >= 0.6 is 0 Å². The number of sulfonamides is 1. The van der Waals surface area contributed by atoms with E-state index < -0.39 is 21.7 Å². The number of nitrogens with one attached hydrogen (secondary N) is 2.